The first kappa shape index (κ1) is 19.2. The second-order valence-electron chi connectivity index (χ2n) is 6.34. The molecule has 0 spiro atoms. The van der Waals surface area contributed by atoms with Crippen molar-refractivity contribution in [3.63, 3.8) is 0 Å². The van der Waals surface area contributed by atoms with Crippen molar-refractivity contribution in [2.24, 2.45) is 10.1 Å². The van der Waals surface area contributed by atoms with E-state index in [4.69, 9.17) is 9.62 Å². The Labute approximate surface area is 150 Å². The highest BCUT2D eigenvalue weighted by Crippen LogP contribution is 2.30. The number of carbonyl (C=O) groups excluding carboxylic acids is 1. The number of carbonyl (C=O) groups is 1. The maximum absolute atomic E-state index is 12.8. The predicted molar refractivity (Wildman–Crippen MR) is 98.7 cm³/mol. The van der Waals surface area contributed by atoms with Crippen molar-refractivity contribution in [2.75, 3.05) is 5.75 Å². The molecule has 0 saturated carbocycles. The molecule has 2 rings (SSSR count). The third-order valence-electron chi connectivity index (χ3n) is 3.95. The fourth-order valence-corrected chi connectivity index (χ4v) is 3.66. The van der Waals surface area contributed by atoms with Crippen LogP contribution in [-0.4, -0.2) is 33.2 Å². The average Bonchev–Trinajstić information content (AvgIpc) is 2.96. The van der Waals surface area contributed by atoms with E-state index in [1.165, 1.54) is 17.8 Å². The maximum atomic E-state index is 12.8. The number of hydrogen-bond donors (Lipinski definition) is 2. The van der Waals surface area contributed by atoms with E-state index in [1.54, 1.807) is 19.9 Å². The molecule has 0 fully saturated rings. The summed E-state index contributed by atoms with van der Waals surface area (Å²) in [6, 6.07) is 2.79. The first-order valence-corrected chi connectivity index (χ1v) is 9.12. The maximum Gasteiger partial charge on any atom is 0.336 e. The van der Waals surface area contributed by atoms with Crippen LogP contribution in [-0.2, 0) is 4.79 Å². The molecule has 0 bridgehead atoms. The molecule has 1 aliphatic rings. The normalized spacial score (nSPS) is 21.8. The molecule has 8 heteroatoms. The first-order valence-electron chi connectivity index (χ1n) is 8.13. The minimum atomic E-state index is -0.956. The number of thioether (sulfide) groups is 1. The van der Waals surface area contributed by atoms with Gasteiger partial charge in [-0.3, -0.25) is 9.79 Å². The summed E-state index contributed by atoms with van der Waals surface area (Å²) in [6.45, 7) is 7.18. The number of oxime groups is 1. The number of aliphatic imine (C=N–C) groups is 1. The summed E-state index contributed by atoms with van der Waals surface area (Å²) in [5.41, 5.74) is -0.207. The molecule has 136 valence electrons. The summed E-state index contributed by atoms with van der Waals surface area (Å²) in [7, 11) is 0. The molecule has 2 N–H and O–H groups in total. The Morgan fingerprint density at radius 2 is 2.28 bits per heavy atom. The Morgan fingerprint density at radius 1 is 1.56 bits per heavy atom. The lowest BCUT2D eigenvalue weighted by molar-refractivity contribution is -0.125. The molecule has 25 heavy (non-hydrogen) atoms. The number of rotatable bonds is 6. The molecule has 0 aromatic carbocycles. The van der Waals surface area contributed by atoms with Crippen LogP contribution < -0.4 is 10.9 Å². The Hall–Kier alpha value is -2.09. The van der Waals surface area contributed by atoms with Crippen molar-refractivity contribution < 1.29 is 14.4 Å². The van der Waals surface area contributed by atoms with Crippen molar-refractivity contribution in [3.05, 3.63) is 33.9 Å². The minimum absolute atomic E-state index is 0.247. The van der Waals surface area contributed by atoms with Gasteiger partial charge in [-0.05, 0) is 38.8 Å². The molecular weight excluding hydrogens is 342 g/mol. The van der Waals surface area contributed by atoms with Crippen LogP contribution in [0.2, 0.25) is 0 Å². The predicted octanol–water partition coefficient (Wildman–Crippen LogP) is 2.66. The lowest BCUT2D eigenvalue weighted by Gasteiger charge is -2.24. The van der Waals surface area contributed by atoms with Gasteiger partial charge in [0.15, 0.2) is 0 Å². The first-order chi connectivity index (χ1) is 11.8. The topological polar surface area (TPSA) is 104 Å². The van der Waals surface area contributed by atoms with Gasteiger partial charge >= 0.3 is 5.63 Å². The smallest absolute Gasteiger partial charge is 0.336 e. The quantitative estimate of drug-likeness (QED) is 0.458. The standard InChI is InChI=1S/C17H23N3O4S/c1-5-6-12(13-7-10(2)8-14(21)24-13)18-16(22)17(4)9-25-15(19-17)11(3)20-23/h7-8,12,23H,5-6,9H2,1-4H3,(H,18,22)/b20-11-/t12-,17+/m1/s1. The second kappa shape index (κ2) is 7.86. The molecule has 0 aliphatic carbocycles. The van der Waals surface area contributed by atoms with Crippen LogP contribution in [0.5, 0.6) is 0 Å². The number of nitrogens with zero attached hydrogens (tertiary/aromatic N) is 2. The summed E-state index contributed by atoms with van der Waals surface area (Å²) in [4.78, 5) is 28.8. The Bertz CT molecular complexity index is 771. The zero-order valence-corrected chi connectivity index (χ0v) is 15.6. The van der Waals surface area contributed by atoms with Gasteiger partial charge in [0.05, 0.1) is 6.04 Å². The zero-order valence-electron chi connectivity index (χ0n) is 14.8. The molecule has 7 nitrogen and oxygen atoms in total. The van der Waals surface area contributed by atoms with Crippen LogP contribution in [0.1, 0.15) is 51.0 Å². The van der Waals surface area contributed by atoms with Gasteiger partial charge in [0.1, 0.15) is 22.1 Å². The highest BCUT2D eigenvalue weighted by Gasteiger charge is 2.40. The lowest BCUT2D eigenvalue weighted by atomic mass is 10.0. The molecule has 2 heterocycles. The Morgan fingerprint density at radius 3 is 2.88 bits per heavy atom. The van der Waals surface area contributed by atoms with Crippen LogP contribution in [0.4, 0.5) is 0 Å². The SMILES string of the molecule is CCC[C@@H](NC(=O)[C@]1(C)CSC(/C(C)=N\O)=N1)c1cc(C)cc(=O)o1. The zero-order chi connectivity index (χ0) is 18.6. The summed E-state index contributed by atoms with van der Waals surface area (Å²) < 4.78 is 5.28. The number of amides is 1. The van der Waals surface area contributed by atoms with E-state index < -0.39 is 17.2 Å². The van der Waals surface area contributed by atoms with Gasteiger partial charge in [0.25, 0.3) is 0 Å². The average molecular weight is 365 g/mol. The molecule has 1 aromatic rings. The van der Waals surface area contributed by atoms with Gasteiger partial charge in [-0.25, -0.2) is 4.79 Å². The Balaban J connectivity index is 2.23. The largest absolute Gasteiger partial charge is 0.426 e. The molecule has 1 aliphatic heterocycles. The fraction of sp³-hybridized carbons (Fsp3) is 0.529. The summed E-state index contributed by atoms with van der Waals surface area (Å²) in [6.07, 6.45) is 1.47. The van der Waals surface area contributed by atoms with Crippen molar-refractivity contribution in [2.45, 2.75) is 52.1 Å². The molecule has 0 unspecified atom stereocenters. The van der Waals surface area contributed by atoms with E-state index in [1.807, 2.05) is 13.8 Å². The van der Waals surface area contributed by atoms with Gasteiger partial charge in [-0.15, -0.1) is 11.8 Å². The molecule has 0 saturated heterocycles. The van der Waals surface area contributed by atoms with Crippen molar-refractivity contribution in [1.82, 2.24) is 5.32 Å². The monoisotopic (exact) mass is 365 g/mol. The number of nitrogens with one attached hydrogen (secondary N) is 1. The fourth-order valence-electron chi connectivity index (χ4n) is 2.53. The van der Waals surface area contributed by atoms with E-state index in [0.29, 0.717) is 28.7 Å². The minimum Gasteiger partial charge on any atom is -0.426 e. The lowest BCUT2D eigenvalue weighted by Crippen LogP contribution is -2.45. The molecule has 2 atom stereocenters. The van der Waals surface area contributed by atoms with Gasteiger partial charge < -0.3 is 14.9 Å². The van der Waals surface area contributed by atoms with E-state index in [0.717, 1.165) is 12.0 Å². The van der Waals surface area contributed by atoms with Crippen LogP contribution in [0.25, 0.3) is 0 Å². The van der Waals surface area contributed by atoms with E-state index in [9.17, 15) is 9.59 Å². The summed E-state index contributed by atoms with van der Waals surface area (Å²) >= 11 is 1.38. The highest BCUT2D eigenvalue weighted by atomic mass is 32.2. The van der Waals surface area contributed by atoms with Crippen LogP contribution >= 0.6 is 11.8 Å². The van der Waals surface area contributed by atoms with Gasteiger partial charge in [-0.1, -0.05) is 18.5 Å². The number of hydrogen-bond acceptors (Lipinski definition) is 7. The van der Waals surface area contributed by atoms with Gasteiger partial charge in [0.2, 0.25) is 5.91 Å². The van der Waals surface area contributed by atoms with Gasteiger partial charge in [0, 0.05) is 11.8 Å². The van der Waals surface area contributed by atoms with Crippen LogP contribution in [0.3, 0.4) is 0 Å². The molecular formula is C17H23N3O4S. The molecule has 0 radical (unpaired) electrons. The highest BCUT2D eigenvalue weighted by molar-refractivity contribution is 8.16. The van der Waals surface area contributed by atoms with E-state index in [-0.39, 0.29) is 5.91 Å². The molecule has 1 amide bonds. The third-order valence-corrected chi connectivity index (χ3v) is 5.31. The number of aryl methyl sites for hydroxylation is 1. The van der Waals surface area contributed by atoms with Crippen molar-refractivity contribution in [1.29, 1.82) is 0 Å². The summed E-state index contributed by atoms with van der Waals surface area (Å²) in [5.74, 6) is 0.660. The van der Waals surface area contributed by atoms with Crippen molar-refractivity contribution in [3.8, 4) is 0 Å². The Kier molecular flexibility index (Phi) is 6.05. The van der Waals surface area contributed by atoms with Crippen LogP contribution in [0, 0.1) is 6.92 Å². The van der Waals surface area contributed by atoms with Gasteiger partial charge in [-0.2, -0.15) is 0 Å². The second-order valence-corrected chi connectivity index (χ2v) is 7.30. The van der Waals surface area contributed by atoms with Crippen molar-refractivity contribution >= 4 is 28.4 Å². The molecule has 1 aromatic heterocycles. The third kappa shape index (κ3) is 4.50. The van der Waals surface area contributed by atoms with E-state index >= 15 is 0 Å². The van der Waals surface area contributed by atoms with Crippen LogP contribution in [0.15, 0.2) is 31.5 Å². The van der Waals surface area contributed by atoms with E-state index in [2.05, 4.69) is 15.5 Å². The summed E-state index contributed by atoms with van der Waals surface area (Å²) in [5, 5.41) is 15.5.